The summed E-state index contributed by atoms with van der Waals surface area (Å²) in [5.74, 6) is -0.384. The van der Waals surface area contributed by atoms with Gasteiger partial charge in [0.2, 0.25) is 17.7 Å². The largest absolute Gasteiger partial charge is 0.489 e. The van der Waals surface area contributed by atoms with Gasteiger partial charge < -0.3 is 19.3 Å². The summed E-state index contributed by atoms with van der Waals surface area (Å²) in [4.78, 5) is 53.0. The predicted octanol–water partition coefficient (Wildman–Crippen LogP) is -1.74. The van der Waals surface area contributed by atoms with Crippen LogP contribution in [0.5, 0.6) is 5.75 Å². The van der Waals surface area contributed by atoms with E-state index in [0.717, 1.165) is 16.7 Å². The second-order valence-corrected chi connectivity index (χ2v) is 10.4. The predicted molar refractivity (Wildman–Crippen MR) is 142 cm³/mol. The van der Waals surface area contributed by atoms with E-state index in [-0.39, 0.29) is 36.6 Å². The maximum atomic E-state index is 13.0. The van der Waals surface area contributed by atoms with Crippen molar-refractivity contribution in [1.29, 1.82) is 0 Å². The summed E-state index contributed by atoms with van der Waals surface area (Å²) in [5, 5.41) is 1.51. The maximum Gasteiger partial charge on any atom is 0.255 e. The van der Waals surface area contributed by atoms with Crippen molar-refractivity contribution < 1.29 is 28.7 Å². The van der Waals surface area contributed by atoms with Crippen LogP contribution in [0.15, 0.2) is 42.5 Å². The fourth-order valence-corrected chi connectivity index (χ4v) is 5.05. The molecule has 5 rings (SSSR count). The van der Waals surface area contributed by atoms with Crippen molar-refractivity contribution in [3.05, 3.63) is 64.7 Å². The standard InChI is InChI=1S/C25H28B3N3O6/c26-20-13-37-25(27,28)24(35)31(20)10-14-4-6-15(7-5-14)12-36-19-3-1-2-16-17(19)11-30(23(16)34)18-8-9-21(32)29-22(18)33/h1-7,18,20H,8-13,26-28H2,(H,29,32,33). The van der Waals surface area contributed by atoms with Gasteiger partial charge in [0.1, 0.15) is 41.9 Å². The third kappa shape index (κ3) is 4.90. The molecule has 2 atom stereocenters. The number of imide groups is 1. The molecule has 0 spiro atoms. The zero-order valence-electron chi connectivity index (χ0n) is 21.3. The van der Waals surface area contributed by atoms with Crippen molar-refractivity contribution in [3.8, 4) is 5.75 Å². The van der Waals surface area contributed by atoms with Crippen molar-refractivity contribution >= 4 is 47.2 Å². The topological polar surface area (TPSA) is 105 Å². The summed E-state index contributed by atoms with van der Waals surface area (Å²) in [7, 11) is 5.58. The number of benzene rings is 2. The molecule has 4 amide bonds. The molecule has 188 valence electrons. The van der Waals surface area contributed by atoms with Crippen molar-refractivity contribution in [3.63, 3.8) is 0 Å². The van der Waals surface area contributed by atoms with Gasteiger partial charge in [-0.1, -0.05) is 30.3 Å². The molecule has 3 heterocycles. The first-order valence-electron chi connectivity index (χ1n) is 12.6. The first-order valence-corrected chi connectivity index (χ1v) is 12.6. The molecule has 1 N–H and O–H groups in total. The van der Waals surface area contributed by atoms with Gasteiger partial charge in [0, 0.05) is 30.0 Å². The van der Waals surface area contributed by atoms with Crippen molar-refractivity contribution in [2.75, 3.05) is 6.61 Å². The number of rotatable bonds is 6. The second kappa shape index (κ2) is 9.74. The van der Waals surface area contributed by atoms with Gasteiger partial charge in [0.05, 0.1) is 18.6 Å². The highest BCUT2D eigenvalue weighted by molar-refractivity contribution is 6.50. The zero-order valence-corrected chi connectivity index (χ0v) is 21.3. The van der Waals surface area contributed by atoms with Gasteiger partial charge in [0.25, 0.3) is 5.91 Å². The van der Waals surface area contributed by atoms with E-state index in [2.05, 4.69) is 5.32 Å². The summed E-state index contributed by atoms with van der Waals surface area (Å²) < 4.78 is 11.8. The van der Waals surface area contributed by atoms with Crippen LogP contribution in [-0.2, 0) is 38.8 Å². The van der Waals surface area contributed by atoms with E-state index in [4.69, 9.17) is 9.47 Å². The highest BCUT2D eigenvalue weighted by atomic mass is 16.5. The number of hydrogen-bond acceptors (Lipinski definition) is 6. The number of hydrogen-bond donors (Lipinski definition) is 1. The maximum absolute atomic E-state index is 13.0. The third-order valence-corrected chi connectivity index (χ3v) is 7.30. The molecule has 0 radical (unpaired) electrons. The molecule has 2 unspecified atom stereocenters. The average Bonchev–Trinajstić information content (AvgIpc) is 3.21. The first kappa shape index (κ1) is 25.1. The SMILES string of the molecule is BC1COC(B)(B)C(=O)N1Cc1ccc(COc2cccc3c2CN(C2CCC(=O)NC2=O)C3=O)cc1. The van der Waals surface area contributed by atoms with Gasteiger partial charge in [-0.2, -0.15) is 0 Å². The Balaban J connectivity index is 1.23. The smallest absolute Gasteiger partial charge is 0.255 e. The number of fused-ring (bicyclic) bond motifs is 1. The highest BCUT2D eigenvalue weighted by Crippen LogP contribution is 2.34. The van der Waals surface area contributed by atoms with E-state index >= 15 is 0 Å². The molecule has 9 nitrogen and oxygen atoms in total. The van der Waals surface area contributed by atoms with Gasteiger partial charge in [-0.3, -0.25) is 24.5 Å². The molecule has 2 fully saturated rings. The molecule has 37 heavy (non-hydrogen) atoms. The van der Waals surface area contributed by atoms with Crippen LogP contribution >= 0.6 is 0 Å². The molecule has 0 aromatic heterocycles. The quantitative estimate of drug-likeness (QED) is 0.375. The van der Waals surface area contributed by atoms with Crippen LogP contribution in [-0.4, -0.2) is 81.0 Å². The van der Waals surface area contributed by atoms with E-state index in [9.17, 15) is 19.2 Å². The molecule has 12 heteroatoms. The van der Waals surface area contributed by atoms with Crippen molar-refractivity contribution in [2.24, 2.45) is 0 Å². The van der Waals surface area contributed by atoms with Crippen LogP contribution in [0, 0.1) is 0 Å². The molecule has 3 aliphatic rings. The zero-order chi connectivity index (χ0) is 26.3. The molecule has 0 aliphatic carbocycles. The monoisotopic (exact) mass is 499 g/mol. The summed E-state index contributed by atoms with van der Waals surface area (Å²) in [6, 6.07) is 12.6. The Morgan fingerprint density at radius 1 is 1.05 bits per heavy atom. The molecule has 0 bridgehead atoms. The van der Waals surface area contributed by atoms with E-state index in [1.54, 1.807) is 27.8 Å². The van der Waals surface area contributed by atoms with E-state index in [1.807, 2.05) is 43.1 Å². The van der Waals surface area contributed by atoms with Crippen molar-refractivity contribution in [2.45, 2.75) is 49.9 Å². The molecule has 3 aliphatic heterocycles. The molecule has 0 saturated carbocycles. The lowest BCUT2D eigenvalue weighted by molar-refractivity contribution is -0.153. The fraction of sp³-hybridized carbons (Fsp3) is 0.360. The lowest BCUT2D eigenvalue weighted by atomic mass is 9.62. The van der Waals surface area contributed by atoms with Crippen LogP contribution in [0.3, 0.4) is 0 Å². The Morgan fingerprint density at radius 2 is 1.78 bits per heavy atom. The van der Waals surface area contributed by atoms with Crippen LogP contribution < -0.4 is 10.1 Å². The number of carbonyl (C=O) groups is 4. The Kier molecular flexibility index (Phi) is 6.62. The Labute approximate surface area is 218 Å². The number of nitrogens with zero attached hydrogens (tertiary/aromatic N) is 2. The number of nitrogens with one attached hydrogen (secondary N) is 1. The van der Waals surface area contributed by atoms with Crippen LogP contribution in [0.1, 0.15) is 39.9 Å². The Hall–Kier alpha value is -3.53. The number of carbonyl (C=O) groups excluding carboxylic acids is 4. The minimum atomic E-state index is -0.814. The molecular weight excluding hydrogens is 471 g/mol. The first-order chi connectivity index (χ1) is 17.6. The summed E-state index contributed by atoms with van der Waals surface area (Å²) in [6.45, 7) is 1.59. The number of ether oxygens (including phenoxy) is 2. The lowest BCUT2D eigenvalue weighted by Crippen LogP contribution is -2.61. The highest BCUT2D eigenvalue weighted by Gasteiger charge is 2.41. The molecule has 2 aromatic carbocycles. The van der Waals surface area contributed by atoms with Gasteiger partial charge in [-0.25, -0.2) is 0 Å². The minimum Gasteiger partial charge on any atom is -0.489 e. The van der Waals surface area contributed by atoms with Crippen molar-refractivity contribution in [1.82, 2.24) is 15.1 Å². The summed E-state index contributed by atoms with van der Waals surface area (Å²) >= 11 is 0. The van der Waals surface area contributed by atoms with Crippen LogP contribution in [0.25, 0.3) is 0 Å². The number of morpholine rings is 1. The minimum absolute atomic E-state index is 0.00570. The van der Waals surface area contributed by atoms with Gasteiger partial charge in [0.15, 0.2) is 0 Å². The normalized spacial score (nSPS) is 23.1. The van der Waals surface area contributed by atoms with E-state index < -0.39 is 17.3 Å². The third-order valence-electron chi connectivity index (χ3n) is 7.30. The van der Waals surface area contributed by atoms with Crippen LogP contribution in [0.4, 0.5) is 0 Å². The fourth-order valence-electron chi connectivity index (χ4n) is 5.05. The molecule has 2 saturated heterocycles. The Bertz CT molecular complexity index is 1270. The van der Waals surface area contributed by atoms with Gasteiger partial charge >= 0.3 is 0 Å². The Morgan fingerprint density at radius 3 is 2.51 bits per heavy atom. The summed E-state index contributed by atoms with van der Waals surface area (Å²) in [5.41, 5.74) is 3.24. The second-order valence-electron chi connectivity index (χ2n) is 10.4. The molecular formula is C25H28B3N3O6. The number of amides is 4. The number of piperidine rings is 1. The lowest BCUT2D eigenvalue weighted by Gasteiger charge is -2.42. The van der Waals surface area contributed by atoms with Crippen LogP contribution in [0.2, 0.25) is 0 Å². The molecule has 2 aromatic rings. The van der Waals surface area contributed by atoms with E-state index in [1.165, 1.54) is 4.90 Å². The van der Waals surface area contributed by atoms with Gasteiger partial charge in [-0.15, -0.1) is 0 Å². The average molecular weight is 499 g/mol. The van der Waals surface area contributed by atoms with E-state index in [0.29, 0.717) is 37.5 Å². The van der Waals surface area contributed by atoms with Gasteiger partial charge in [-0.05, 0) is 29.7 Å². The summed E-state index contributed by atoms with van der Waals surface area (Å²) in [6.07, 6.45) is 0.533.